The van der Waals surface area contributed by atoms with Gasteiger partial charge < -0.3 is 10.6 Å². The van der Waals surface area contributed by atoms with Crippen LogP contribution in [0.2, 0.25) is 5.02 Å². The number of sulfone groups is 1. The molecule has 0 unspecified atom stereocenters. The molecule has 1 fully saturated rings. The fourth-order valence-corrected chi connectivity index (χ4v) is 5.14. The number of nitrogens with zero attached hydrogens (tertiary/aromatic N) is 4. The number of nitriles is 1. The molecule has 0 radical (unpaired) electrons. The van der Waals surface area contributed by atoms with E-state index in [-0.39, 0.29) is 28.1 Å². The Morgan fingerprint density at radius 2 is 1.85 bits per heavy atom. The van der Waals surface area contributed by atoms with E-state index in [1.807, 2.05) is 4.90 Å². The third-order valence-electron chi connectivity index (χ3n) is 5.74. The first kappa shape index (κ1) is 23.5. The zero-order valence-electron chi connectivity index (χ0n) is 17.9. The Balaban J connectivity index is 1.87. The fraction of sp³-hybridized carbons (Fsp3) is 0.217. The van der Waals surface area contributed by atoms with Gasteiger partial charge >= 0.3 is 0 Å². The van der Waals surface area contributed by atoms with Crippen LogP contribution in [0.15, 0.2) is 63.3 Å². The van der Waals surface area contributed by atoms with E-state index in [0.29, 0.717) is 36.6 Å². The van der Waals surface area contributed by atoms with E-state index in [4.69, 9.17) is 17.3 Å². The summed E-state index contributed by atoms with van der Waals surface area (Å²) in [5.74, 6) is -0.415. The molecule has 9 nitrogen and oxygen atoms in total. The normalized spacial score (nSPS) is 15.3. The van der Waals surface area contributed by atoms with Gasteiger partial charge in [-0.25, -0.2) is 13.4 Å². The summed E-state index contributed by atoms with van der Waals surface area (Å²) in [5, 5.41) is 10.1. The highest BCUT2D eigenvalue weighted by Crippen LogP contribution is 2.28. The Hall–Kier alpha value is -3.68. The Morgan fingerprint density at radius 1 is 1.18 bits per heavy atom. The van der Waals surface area contributed by atoms with Gasteiger partial charge in [0.25, 0.3) is 5.56 Å². The first-order chi connectivity index (χ1) is 16.2. The first-order valence-electron chi connectivity index (χ1n) is 10.4. The molecule has 2 N–H and O–H groups in total. The average Bonchev–Trinajstić information content (AvgIpc) is 2.83. The second-order valence-electron chi connectivity index (χ2n) is 7.82. The summed E-state index contributed by atoms with van der Waals surface area (Å²) in [5.41, 5.74) is 5.25. The van der Waals surface area contributed by atoms with E-state index in [1.54, 1.807) is 24.3 Å². The van der Waals surface area contributed by atoms with Gasteiger partial charge in [-0.3, -0.25) is 14.0 Å². The van der Waals surface area contributed by atoms with Gasteiger partial charge in [-0.05, 0) is 55.3 Å². The summed E-state index contributed by atoms with van der Waals surface area (Å²) in [6.45, 7) is 0.797. The van der Waals surface area contributed by atoms with Gasteiger partial charge in [-0.15, -0.1) is 0 Å². The van der Waals surface area contributed by atoms with Gasteiger partial charge in [0, 0.05) is 30.2 Å². The molecule has 2 aromatic heterocycles. The van der Waals surface area contributed by atoms with Gasteiger partial charge in [0.2, 0.25) is 15.7 Å². The molecule has 1 aliphatic rings. The molecule has 1 saturated heterocycles. The second kappa shape index (κ2) is 9.29. The van der Waals surface area contributed by atoms with Crippen LogP contribution in [0.1, 0.15) is 18.4 Å². The third-order valence-corrected chi connectivity index (χ3v) is 7.68. The number of nitrogens with two attached hydrogens (primary N) is 1. The van der Waals surface area contributed by atoms with Crippen LogP contribution >= 0.6 is 11.6 Å². The van der Waals surface area contributed by atoms with E-state index in [1.165, 1.54) is 34.9 Å². The number of halogens is 1. The molecular weight excluding hydrogens is 478 g/mol. The maximum absolute atomic E-state index is 13.4. The summed E-state index contributed by atoms with van der Waals surface area (Å²) in [6, 6.07) is 12.2. The van der Waals surface area contributed by atoms with Crippen LogP contribution in [0.3, 0.4) is 0 Å². The number of benzene rings is 1. The summed E-state index contributed by atoms with van der Waals surface area (Å²) in [4.78, 5) is 30.6. The van der Waals surface area contributed by atoms with Crippen LogP contribution < -0.4 is 16.2 Å². The highest BCUT2D eigenvalue weighted by atomic mass is 35.5. The molecule has 4 rings (SSSR count). The molecule has 1 aromatic carbocycles. The zero-order chi connectivity index (χ0) is 24.5. The molecule has 0 atom stereocenters. The summed E-state index contributed by atoms with van der Waals surface area (Å²) >= 11 is 5.86. The van der Waals surface area contributed by atoms with Crippen molar-refractivity contribution in [1.29, 1.82) is 5.26 Å². The Morgan fingerprint density at radius 3 is 2.47 bits per heavy atom. The van der Waals surface area contributed by atoms with Crippen molar-refractivity contribution in [3.05, 3.63) is 74.5 Å². The van der Waals surface area contributed by atoms with Crippen molar-refractivity contribution in [3.8, 4) is 6.07 Å². The van der Waals surface area contributed by atoms with Crippen LogP contribution in [0.25, 0.3) is 11.7 Å². The number of fused-ring (bicyclic) bond motifs is 1. The standard InChI is InChI=1S/C23H20ClN5O4S/c24-16-4-6-17(7-5-16)34(32,33)18(14-25)13-19-22(28-11-8-15(9-12-28)21(26)30)27-20-3-1-2-10-29(20)23(19)31/h1-7,10,13,15H,8-9,11-12H2,(H2,26,30). The first-order valence-corrected chi connectivity index (χ1v) is 12.3. The van der Waals surface area contributed by atoms with Crippen LogP contribution in [-0.2, 0) is 14.6 Å². The molecule has 11 heteroatoms. The minimum absolute atomic E-state index is 0.0321. The van der Waals surface area contributed by atoms with Crippen molar-refractivity contribution in [3.63, 3.8) is 0 Å². The Bertz CT molecular complexity index is 1500. The minimum Gasteiger partial charge on any atom is -0.369 e. The number of allylic oxidation sites excluding steroid dienone is 1. The smallest absolute Gasteiger partial charge is 0.267 e. The molecule has 1 amide bonds. The number of carbonyl (C=O) groups is 1. The number of amides is 1. The van der Waals surface area contributed by atoms with Crippen molar-refractivity contribution in [2.75, 3.05) is 18.0 Å². The number of anilines is 1. The number of hydrogen-bond donors (Lipinski definition) is 1. The summed E-state index contributed by atoms with van der Waals surface area (Å²) < 4.78 is 27.5. The van der Waals surface area contributed by atoms with Crippen LogP contribution in [0.5, 0.6) is 0 Å². The maximum atomic E-state index is 13.4. The number of hydrogen-bond acceptors (Lipinski definition) is 7. The van der Waals surface area contributed by atoms with E-state index in [0.717, 1.165) is 6.08 Å². The molecule has 3 aromatic rings. The van der Waals surface area contributed by atoms with Crippen molar-refractivity contribution in [1.82, 2.24) is 9.38 Å². The molecule has 0 aliphatic carbocycles. The monoisotopic (exact) mass is 497 g/mol. The van der Waals surface area contributed by atoms with E-state index >= 15 is 0 Å². The third kappa shape index (κ3) is 4.40. The van der Waals surface area contributed by atoms with Crippen molar-refractivity contribution in [2.24, 2.45) is 11.7 Å². The number of piperidine rings is 1. The quantitative estimate of drug-likeness (QED) is 0.534. The summed E-state index contributed by atoms with van der Waals surface area (Å²) in [7, 11) is -4.22. The van der Waals surface area contributed by atoms with Crippen molar-refractivity contribution >= 4 is 44.9 Å². The molecule has 1 aliphatic heterocycles. The van der Waals surface area contributed by atoms with Crippen molar-refractivity contribution in [2.45, 2.75) is 17.7 Å². The number of carbonyl (C=O) groups excluding carboxylic acids is 1. The largest absolute Gasteiger partial charge is 0.369 e. The van der Waals surface area contributed by atoms with Gasteiger partial charge in [-0.1, -0.05) is 17.7 Å². The predicted molar refractivity (Wildman–Crippen MR) is 128 cm³/mol. The lowest BCUT2D eigenvalue weighted by atomic mass is 9.96. The minimum atomic E-state index is -4.22. The molecule has 174 valence electrons. The van der Waals surface area contributed by atoms with Gasteiger partial charge in [0.05, 0.1) is 10.5 Å². The molecule has 34 heavy (non-hydrogen) atoms. The number of pyridine rings is 1. The lowest BCUT2D eigenvalue weighted by molar-refractivity contribution is -0.122. The summed E-state index contributed by atoms with van der Waals surface area (Å²) in [6.07, 6.45) is 3.53. The molecule has 0 spiro atoms. The Kier molecular flexibility index (Phi) is 6.41. The van der Waals surface area contributed by atoms with E-state index in [2.05, 4.69) is 4.98 Å². The fourth-order valence-electron chi connectivity index (χ4n) is 3.88. The zero-order valence-corrected chi connectivity index (χ0v) is 19.5. The van der Waals surface area contributed by atoms with E-state index in [9.17, 15) is 23.3 Å². The van der Waals surface area contributed by atoms with Gasteiger partial charge in [-0.2, -0.15) is 5.26 Å². The number of rotatable bonds is 5. The highest BCUT2D eigenvalue weighted by molar-refractivity contribution is 7.95. The van der Waals surface area contributed by atoms with Crippen LogP contribution in [0, 0.1) is 17.2 Å². The molecular formula is C23H20ClN5O4S. The molecule has 3 heterocycles. The second-order valence-corrected chi connectivity index (χ2v) is 10.2. The van der Waals surface area contributed by atoms with Gasteiger partial charge in [0.15, 0.2) is 0 Å². The SMILES string of the molecule is N#CC(=Cc1c(N2CCC(C(N)=O)CC2)nc2ccccn2c1=O)S(=O)(=O)c1ccc(Cl)cc1. The molecule has 0 bridgehead atoms. The van der Waals surface area contributed by atoms with Crippen LogP contribution in [-0.4, -0.2) is 36.8 Å². The Labute approximate surface area is 200 Å². The average molecular weight is 498 g/mol. The molecule has 0 saturated carbocycles. The lowest BCUT2D eigenvalue weighted by Gasteiger charge is -2.32. The number of aromatic nitrogens is 2. The van der Waals surface area contributed by atoms with Crippen molar-refractivity contribution < 1.29 is 13.2 Å². The van der Waals surface area contributed by atoms with Gasteiger partial charge in [0.1, 0.15) is 22.4 Å². The van der Waals surface area contributed by atoms with E-state index < -0.39 is 20.3 Å². The highest BCUT2D eigenvalue weighted by Gasteiger charge is 2.28. The van der Waals surface area contributed by atoms with Crippen LogP contribution in [0.4, 0.5) is 5.82 Å². The number of primary amides is 1. The lowest BCUT2D eigenvalue weighted by Crippen LogP contribution is -2.40. The predicted octanol–water partition coefficient (Wildman–Crippen LogP) is 2.39. The topological polar surface area (TPSA) is 139 Å². The maximum Gasteiger partial charge on any atom is 0.267 e.